The van der Waals surface area contributed by atoms with Crippen LogP contribution >= 0.6 is 0 Å². The predicted octanol–water partition coefficient (Wildman–Crippen LogP) is 1.84. The largest absolute Gasteiger partial charge is 0.411 e. The van der Waals surface area contributed by atoms with Gasteiger partial charge in [0, 0.05) is 19.3 Å². The quantitative estimate of drug-likeness (QED) is 0.461. The van der Waals surface area contributed by atoms with Crippen LogP contribution in [0.2, 0.25) is 0 Å². The maximum Gasteiger partial charge on any atom is 0.0733 e. The van der Waals surface area contributed by atoms with Gasteiger partial charge in [0.15, 0.2) is 0 Å². The summed E-state index contributed by atoms with van der Waals surface area (Å²) in [6.07, 6.45) is 1.88. The minimum atomic E-state index is 0.510. The van der Waals surface area contributed by atoms with Gasteiger partial charge in [0.2, 0.25) is 0 Å². The molecule has 1 rings (SSSR count). The number of nitrogens with zero attached hydrogens (tertiary/aromatic N) is 3. The molecule has 0 saturated heterocycles. The summed E-state index contributed by atoms with van der Waals surface area (Å²) in [5.74, 6) is 0. The minimum absolute atomic E-state index is 0.510. The summed E-state index contributed by atoms with van der Waals surface area (Å²) in [6, 6.07) is 9.67. The summed E-state index contributed by atoms with van der Waals surface area (Å²) in [5.41, 5.74) is 1.88. The van der Waals surface area contributed by atoms with Crippen LogP contribution in [0.25, 0.3) is 0 Å². The molecule has 1 aromatic rings. The van der Waals surface area contributed by atoms with Gasteiger partial charge in [-0.15, -0.1) is 0 Å². The highest BCUT2D eigenvalue weighted by Gasteiger charge is 1.99. The van der Waals surface area contributed by atoms with Gasteiger partial charge in [-0.2, -0.15) is 5.26 Å². The third-order valence-corrected chi connectivity index (χ3v) is 2.10. The normalized spacial score (nSPS) is 10.1. The van der Waals surface area contributed by atoms with E-state index in [2.05, 4.69) is 11.2 Å². The Bertz CT molecular complexity index is 364. The van der Waals surface area contributed by atoms with Crippen LogP contribution in [-0.4, -0.2) is 25.0 Å². The van der Waals surface area contributed by atoms with Gasteiger partial charge >= 0.3 is 0 Å². The van der Waals surface area contributed by atoms with Crippen molar-refractivity contribution in [3.8, 4) is 6.07 Å². The first-order valence-corrected chi connectivity index (χ1v) is 4.63. The van der Waals surface area contributed by atoms with Crippen molar-refractivity contribution in [3.63, 3.8) is 0 Å². The van der Waals surface area contributed by atoms with Crippen molar-refractivity contribution in [1.82, 2.24) is 0 Å². The highest BCUT2D eigenvalue weighted by atomic mass is 16.4. The second-order valence-electron chi connectivity index (χ2n) is 3.17. The molecule has 0 atom stereocenters. The van der Waals surface area contributed by atoms with Crippen molar-refractivity contribution in [2.75, 3.05) is 18.5 Å². The Labute approximate surface area is 89.1 Å². The zero-order valence-corrected chi connectivity index (χ0v) is 8.59. The van der Waals surface area contributed by atoms with Crippen LogP contribution in [-0.2, 0) is 0 Å². The molecule has 78 valence electrons. The standard InChI is InChI=1S/C11H13N3O/c1-14(8-2-7-12)11-5-3-10(4-6-11)9-13-15/h3-6,9,15H,2,8H2,1H3/b13-9-. The fourth-order valence-corrected chi connectivity index (χ4v) is 1.23. The van der Waals surface area contributed by atoms with Crippen LogP contribution in [0.4, 0.5) is 5.69 Å². The monoisotopic (exact) mass is 203 g/mol. The Balaban J connectivity index is 2.67. The lowest BCUT2D eigenvalue weighted by molar-refractivity contribution is 0.322. The van der Waals surface area contributed by atoms with Crippen LogP contribution in [0.15, 0.2) is 29.4 Å². The molecule has 0 heterocycles. The molecule has 0 amide bonds. The SMILES string of the molecule is CN(CCC#N)c1ccc(/C=N\O)cc1. The molecule has 0 unspecified atom stereocenters. The van der Waals surface area contributed by atoms with Crippen LogP contribution in [0.1, 0.15) is 12.0 Å². The predicted molar refractivity (Wildman–Crippen MR) is 59.3 cm³/mol. The Morgan fingerprint density at radius 1 is 1.47 bits per heavy atom. The van der Waals surface area contributed by atoms with Crippen molar-refractivity contribution in [2.45, 2.75) is 6.42 Å². The first-order chi connectivity index (χ1) is 7.27. The number of nitriles is 1. The zero-order chi connectivity index (χ0) is 11.1. The van der Waals surface area contributed by atoms with Gasteiger partial charge in [0.1, 0.15) is 0 Å². The third-order valence-electron chi connectivity index (χ3n) is 2.10. The molecular formula is C11H13N3O. The average molecular weight is 203 g/mol. The molecule has 0 aliphatic carbocycles. The number of benzene rings is 1. The third kappa shape index (κ3) is 3.31. The van der Waals surface area contributed by atoms with Gasteiger partial charge in [-0.3, -0.25) is 0 Å². The molecule has 0 saturated carbocycles. The number of hydrogen-bond acceptors (Lipinski definition) is 4. The molecule has 0 aliphatic rings. The van der Waals surface area contributed by atoms with Crippen LogP contribution < -0.4 is 4.90 Å². The summed E-state index contributed by atoms with van der Waals surface area (Å²) in [4.78, 5) is 2.00. The van der Waals surface area contributed by atoms with Crippen LogP contribution in [0, 0.1) is 11.3 Å². The lowest BCUT2D eigenvalue weighted by Crippen LogP contribution is -2.17. The van der Waals surface area contributed by atoms with E-state index >= 15 is 0 Å². The summed E-state index contributed by atoms with van der Waals surface area (Å²) in [6.45, 7) is 0.712. The van der Waals surface area contributed by atoms with Crippen molar-refractivity contribution in [3.05, 3.63) is 29.8 Å². The Morgan fingerprint density at radius 3 is 2.67 bits per heavy atom. The lowest BCUT2D eigenvalue weighted by atomic mass is 10.2. The van der Waals surface area contributed by atoms with Crippen molar-refractivity contribution >= 4 is 11.9 Å². The van der Waals surface area contributed by atoms with Gasteiger partial charge in [0.25, 0.3) is 0 Å². The highest BCUT2D eigenvalue weighted by molar-refractivity contribution is 5.79. The second-order valence-corrected chi connectivity index (χ2v) is 3.17. The van der Waals surface area contributed by atoms with Crippen LogP contribution in [0.5, 0.6) is 0 Å². The molecule has 0 bridgehead atoms. The maximum atomic E-state index is 8.45. The number of anilines is 1. The lowest BCUT2D eigenvalue weighted by Gasteiger charge is -2.17. The van der Waals surface area contributed by atoms with E-state index in [0.29, 0.717) is 13.0 Å². The highest BCUT2D eigenvalue weighted by Crippen LogP contribution is 2.12. The first-order valence-electron chi connectivity index (χ1n) is 4.63. The topological polar surface area (TPSA) is 59.6 Å². The Morgan fingerprint density at radius 2 is 2.13 bits per heavy atom. The van der Waals surface area contributed by atoms with Gasteiger partial charge in [-0.1, -0.05) is 17.3 Å². The van der Waals surface area contributed by atoms with Crippen LogP contribution in [0.3, 0.4) is 0 Å². The van der Waals surface area contributed by atoms with Crippen molar-refractivity contribution in [1.29, 1.82) is 5.26 Å². The molecule has 0 aliphatic heterocycles. The molecule has 15 heavy (non-hydrogen) atoms. The summed E-state index contributed by atoms with van der Waals surface area (Å²) in [5, 5.41) is 19.7. The molecule has 1 N–H and O–H groups in total. The van der Waals surface area contributed by atoms with E-state index in [9.17, 15) is 0 Å². The molecule has 0 aromatic heterocycles. The van der Waals surface area contributed by atoms with E-state index < -0.39 is 0 Å². The van der Waals surface area contributed by atoms with E-state index in [1.165, 1.54) is 6.21 Å². The molecule has 4 heteroatoms. The van der Waals surface area contributed by atoms with E-state index in [1.807, 2.05) is 36.2 Å². The van der Waals surface area contributed by atoms with Crippen molar-refractivity contribution in [2.24, 2.45) is 5.16 Å². The summed E-state index contributed by atoms with van der Waals surface area (Å²) >= 11 is 0. The van der Waals surface area contributed by atoms with Gasteiger partial charge in [-0.25, -0.2) is 0 Å². The van der Waals surface area contributed by atoms with E-state index in [-0.39, 0.29) is 0 Å². The summed E-state index contributed by atoms with van der Waals surface area (Å²) in [7, 11) is 1.94. The number of hydrogen-bond donors (Lipinski definition) is 1. The molecule has 0 fully saturated rings. The van der Waals surface area contributed by atoms with Crippen molar-refractivity contribution < 1.29 is 5.21 Å². The number of oxime groups is 1. The molecule has 4 nitrogen and oxygen atoms in total. The Kier molecular flexibility index (Phi) is 4.17. The smallest absolute Gasteiger partial charge is 0.0733 e. The molecular weight excluding hydrogens is 190 g/mol. The maximum absolute atomic E-state index is 8.45. The first kappa shape index (κ1) is 11.1. The van der Waals surface area contributed by atoms with Gasteiger partial charge in [0.05, 0.1) is 18.7 Å². The Hall–Kier alpha value is -2.02. The second kappa shape index (κ2) is 5.66. The molecule has 0 spiro atoms. The zero-order valence-electron chi connectivity index (χ0n) is 8.59. The van der Waals surface area contributed by atoms with E-state index in [1.54, 1.807) is 0 Å². The minimum Gasteiger partial charge on any atom is -0.411 e. The van der Waals surface area contributed by atoms with Gasteiger partial charge < -0.3 is 10.1 Å². The molecule has 1 aromatic carbocycles. The average Bonchev–Trinajstić information content (AvgIpc) is 2.27. The van der Waals surface area contributed by atoms with Gasteiger partial charge in [-0.05, 0) is 17.7 Å². The van der Waals surface area contributed by atoms with E-state index in [4.69, 9.17) is 10.5 Å². The van der Waals surface area contributed by atoms with E-state index in [0.717, 1.165) is 11.3 Å². The summed E-state index contributed by atoms with van der Waals surface area (Å²) < 4.78 is 0. The fourth-order valence-electron chi connectivity index (χ4n) is 1.23. The fraction of sp³-hybridized carbons (Fsp3) is 0.273. The molecule has 0 radical (unpaired) electrons. The number of rotatable bonds is 4.